The van der Waals surface area contributed by atoms with Crippen LogP contribution in [0.5, 0.6) is 0 Å². The van der Waals surface area contributed by atoms with Crippen LogP contribution in [0, 0.1) is 0 Å². The maximum Gasteiger partial charge on any atom is 0.209 e. The number of sulfonamides is 1. The van der Waals surface area contributed by atoms with Gasteiger partial charge in [0, 0.05) is 18.1 Å². The van der Waals surface area contributed by atoms with E-state index in [4.69, 9.17) is 23.2 Å². The van der Waals surface area contributed by atoms with Crippen LogP contribution in [0.2, 0.25) is 10.0 Å². The molecule has 0 saturated carbocycles. The summed E-state index contributed by atoms with van der Waals surface area (Å²) in [4.78, 5) is 0. The van der Waals surface area contributed by atoms with Gasteiger partial charge in [0.05, 0.1) is 16.3 Å². The summed E-state index contributed by atoms with van der Waals surface area (Å²) in [5.41, 5.74) is 0.457. The Kier molecular flexibility index (Phi) is 6.50. The van der Waals surface area contributed by atoms with E-state index in [1.54, 1.807) is 6.07 Å². The molecule has 0 radical (unpaired) electrons. The van der Waals surface area contributed by atoms with E-state index in [0.29, 0.717) is 16.6 Å². The summed E-state index contributed by atoms with van der Waals surface area (Å²) in [7, 11) is -3.24. The summed E-state index contributed by atoms with van der Waals surface area (Å²) in [6.07, 6.45) is 2.01. The van der Waals surface area contributed by atoms with Crippen molar-refractivity contribution < 1.29 is 8.42 Å². The molecule has 2 N–H and O–H groups in total. The summed E-state index contributed by atoms with van der Waals surface area (Å²) in [5.74, 6) is 0. The molecule has 0 aliphatic rings. The Balaban J connectivity index is 2.76. The van der Waals surface area contributed by atoms with Crippen molar-refractivity contribution in [2.75, 3.05) is 12.8 Å². The third-order valence-electron chi connectivity index (χ3n) is 3.01. The lowest BCUT2D eigenvalue weighted by Crippen LogP contribution is -2.50. The summed E-state index contributed by atoms with van der Waals surface area (Å²) >= 11 is 12.0. The molecule has 1 aromatic rings. The molecule has 1 rings (SSSR count). The standard InChI is InChI=1S/C14H22Cl2N2O2S/c1-5-13(10-6-7-11(15)12(16)8-10)17-9-14(2,3)18-21(4,19)20/h6-8,13,17-18H,5,9H2,1-4H3. The molecule has 120 valence electrons. The average molecular weight is 353 g/mol. The second kappa shape index (κ2) is 7.29. The van der Waals surface area contributed by atoms with Crippen LogP contribution in [-0.4, -0.2) is 26.8 Å². The van der Waals surface area contributed by atoms with Gasteiger partial charge in [-0.15, -0.1) is 0 Å². The minimum atomic E-state index is -3.24. The first-order valence-corrected chi connectivity index (χ1v) is 9.36. The van der Waals surface area contributed by atoms with E-state index >= 15 is 0 Å². The van der Waals surface area contributed by atoms with E-state index in [9.17, 15) is 8.42 Å². The molecule has 1 atom stereocenters. The third kappa shape index (κ3) is 6.53. The van der Waals surface area contributed by atoms with Crippen LogP contribution in [0.1, 0.15) is 38.8 Å². The molecule has 0 aliphatic heterocycles. The largest absolute Gasteiger partial charge is 0.308 e. The number of halogens is 2. The number of benzene rings is 1. The highest BCUT2D eigenvalue weighted by Crippen LogP contribution is 2.27. The van der Waals surface area contributed by atoms with Crippen LogP contribution in [0.15, 0.2) is 18.2 Å². The van der Waals surface area contributed by atoms with E-state index in [1.165, 1.54) is 0 Å². The molecule has 1 unspecified atom stereocenters. The van der Waals surface area contributed by atoms with Gasteiger partial charge in [-0.05, 0) is 38.0 Å². The molecule has 7 heteroatoms. The predicted molar refractivity (Wildman–Crippen MR) is 89.6 cm³/mol. The Morgan fingerprint density at radius 2 is 1.86 bits per heavy atom. The smallest absolute Gasteiger partial charge is 0.209 e. The summed E-state index contributed by atoms with van der Waals surface area (Å²) in [6.45, 7) is 6.22. The van der Waals surface area contributed by atoms with Gasteiger partial charge in [-0.25, -0.2) is 13.1 Å². The van der Waals surface area contributed by atoms with E-state index in [0.717, 1.165) is 18.2 Å². The third-order valence-corrected chi connectivity index (χ3v) is 4.67. The zero-order chi connectivity index (χ0) is 16.3. The Morgan fingerprint density at radius 1 is 1.24 bits per heavy atom. The second-order valence-electron chi connectivity index (χ2n) is 5.77. The summed E-state index contributed by atoms with van der Waals surface area (Å²) < 4.78 is 25.3. The minimum Gasteiger partial charge on any atom is -0.308 e. The highest BCUT2D eigenvalue weighted by Gasteiger charge is 2.23. The van der Waals surface area contributed by atoms with E-state index in [-0.39, 0.29) is 6.04 Å². The van der Waals surface area contributed by atoms with Crippen LogP contribution in [-0.2, 0) is 10.0 Å². The number of rotatable bonds is 7. The van der Waals surface area contributed by atoms with Crippen molar-refractivity contribution in [2.24, 2.45) is 0 Å². The second-order valence-corrected chi connectivity index (χ2v) is 8.34. The van der Waals surface area contributed by atoms with Gasteiger partial charge in [0.1, 0.15) is 0 Å². The maximum absolute atomic E-state index is 11.3. The average Bonchev–Trinajstić information content (AvgIpc) is 2.31. The van der Waals surface area contributed by atoms with Gasteiger partial charge < -0.3 is 5.32 Å². The molecule has 0 amide bonds. The lowest BCUT2D eigenvalue weighted by Gasteiger charge is -2.28. The van der Waals surface area contributed by atoms with Crippen molar-refractivity contribution in [1.29, 1.82) is 0 Å². The van der Waals surface area contributed by atoms with Gasteiger partial charge in [0.25, 0.3) is 0 Å². The lowest BCUT2D eigenvalue weighted by molar-refractivity contribution is 0.386. The van der Waals surface area contributed by atoms with Crippen LogP contribution in [0.4, 0.5) is 0 Å². The van der Waals surface area contributed by atoms with Crippen LogP contribution < -0.4 is 10.0 Å². The van der Waals surface area contributed by atoms with Crippen molar-refractivity contribution >= 4 is 33.2 Å². The van der Waals surface area contributed by atoms with E-state index in [1.807, 2.05) is 26.0 Å². The maximum atomic E-state index is 11.3. The zero-order valence-corrected chi connectivity index (χ0v) is 15.0. The SMILES string of the molecule is CCC(NCC(C)(C)NS(C)(=O)=O)c1ccc(Cl)c(Cl)c1. The molecule has 0 aliphatic carbocycles. The topological polar surface area (TPSA) is 58.2 Å². The van der Waals surface area contributed by atoms with Crippen molar-refractivity contribution in [3.63, 3.8) is 0 Å². The Bertz CT molecular complexity index is 589. The van der Waals surface area contributed by atoms with Crippen LogP contribution in [0.25, 0.3) is 0 Å². The van der Waals surface area contributed by atoms with Gasteiger partial charge in [-0.2, -0.15) is 0 Å². The molecular weight excluding hydrogens is 331 g/mol. The minimum absolute atomic E-state index is 0.0837. The number of hydrogen-bond acceptors (Lipinski definition) is 3. The Hall–Kier alpha value is -0.330. The molecule has 0 spiro atoms. The molecule has 0 bridgehead atoms. The molecule has 4 nitrogen and oxygen atoms in total. The lowest BCUT2D eigenvalue weighted by atomic mass is 10.0. The number of hydrogen-bond donors (Lipinski definition) is 2. The highest BCUT2D eigenvalue weighted by atomic mass is 35.5. The highest BCUT2D eigenvalue weighted by molar-refractivity contribution is 7.88. The molecule has 0 saturated heterocycles. The first kappa shape index (κ1) is 18.7. The van der Waals surface area contributed by atoms with Crippen molar-refractivity contribution in [3.8, 4) is 0 Å². The first-order chi connectivity index (χ1) is 9.54. The quantitative estimate of drug-likeness (QED) is 0.790. The predicted octanol–water partition coefficient (Wildman–Crippen LogP) is 3.36. The van der Waals surface area contributed by atoms with Gasteiger partial charge >= 0.3 is 0 Å². The van der Waals surface area contributed by atoms with Gasteiger partial charge in [-0.3, -0.25) is 0 Å². The monoisotopic (exact) mass is 352 g/mol. The molecule has 21 heavy (non-hydrogen) atoms. The van der Waals surface area contributed by atoms with Crippen molar-refractivity contribution in [2.45, 2.75) is 38.8 Å². The van der Waals surface area contributed by atoms with E-state index < -0.39 is 15.6 Å². The normalized spacial score (nSPS) is 14.2. The Labute approximate surface area is 137 Å². The van der Waals surface area contributed by atoms with Gasteiger partial charge in [-0.1, -0.05) is 36.2 Å². The van der Waals surface area contributed by atoms with Crippen molar-refractivity contribution in [3.05, 3.63) is 33.8 Å². The molecule has 0 heterocycles. The fourth-order valence-electron chi connectivity index (χ4n) is 2.14. The zero-order valence-electron chi connectivity index (χ0n) is 12.7. The fraction of sp³-hybridized carbons (Fsp3) is 0.571. The fourth-order valence-corrected chi connectivity index (χ4v) is 3.53. The molecule has 0 fully saturated rings. The van der Waals surface area contributed by atoms with E-state index in [2.05, 4.69) is 17.0 Å². The molecular formula is C14H22Cl2N2O2S. The van der Waals surface area contributed by atoms with Crippen LogP contribution in [0.3, 0.4) is 0 Å². The van der Waals surface area contributed by atoms with Crippen LogP contribution >= 0.6 is 23.2 Å². The first-order valence-electron chi connectivity index (χ1n) is 6.71. The van der Waals surface area contributed by atoms with Gasteiger partial charge in [0.15, 0.2) is 0 Å². The molecule has 1 aromatic carbocycles. The summed E-state index contributed by atoms with van der Waals surface area (Å²) in [5, 5.41) is 4.41. The Morgan fingerprint density at radius 3 is 2.33 bits per heavy atom. The van der Waals surface area contributed by atoms with Gasteiger partial charge in [0.2, 0.25) is 10.0 Å². The van der Waals surface area contributed by atoms with Crippen molar-refractivity contribution in [1.82, 2.24) is 10.0 Å². The molecule has 0 aromatic heterocycles. The summed E-state index contributed by atoms with van der Waals surface area (Å²) in [6, 6.07) is 5.61. The number of nitrogens with one attached hydrogen (secondary N) is 2.